The van der Waals surface area contributed by atoms with Crippen LogP contribution in [0.15, 0.2) is 200 Å². The highest BCUT2D eigenvalue weighted by atomic mass is 16.5. The monoisotopic (exact) mass is 739 g/mol. The number of fused-ring (bicyclic) bond motifs is 11. The lowest BCUT2D eigenvalue weighted by molar-refractivity contribution is 0.476. The summed E-state index contributed by atoms with van der Waals surface area (Å²) in [6.45, 7) is 0. The molecule has 12 aromatic rings. The van der Waals surface area contributed by atoms with Gasteiger partial charge in [0.1, 0.15) is 0 Å². The van der Waals surface area contributed by atoms with E-state index in [1.54, 1.807) is 0 Å². The fourth-order valence-corrected chi connectivity index (χ4v) is 9.63. The molecule has 0 radical (unpaired) electrons. The van der Waals surface area contributed by atoms with Crippen LogP contribution in [0.2, 0.25) is 0 Å². The number of ether oxygens (including phenoxy) is 1. The predicted octanol–water partition coefficient (Wildman–Crippen LogP) is 14.4. The fourth-order valence-electron chi connectivity index (χ4n) is 9.63. The minimum atomic E-state index is 0.869. The number of aromatic nitrogens is 3. The maximum atomic E-state index is 6.46. The van der Waals surface area contributed by atoms with Gasteiger partial charge in [0, 0.05) is 43.7 Å². The van der Waals surface area contributed by atoms with E-state index in [0.717, 1.165) is 39.6 Å². The van der Waals surface area contributed by atoms with Gasteiger partial charge in [-0.05, 0) is 95.1 Å². The van der Waals surface area contributed by atoms with Crippen LogP contribution in [0, 0.1) is 0 Å². The molecule has 0 unspecified atom stereocenters. The Bertz CT molecular complexity index is 3580. The van der Waals surface area contributed by atoms with Gasteiger partial charge in [-0.1, -0.05) is 127 Å². The Morgan fingerprint density at radius 2 is 0.724 bits per heavy atom. The molecular weight excluding hydrogens is 707 g/mol. The van der Waals surface area contributed by atoms with Gasteiger partial charge in [-0.15, -0.1) is 0 Å². The summed E-state index contributed by atoms with van der Waals surface area (Å²) < 4.78 is 13.6. The van der Waals surface area contributed by atoms with Gasteiger partial charge in [0.25, 0.3) is 0 Å². The minimum Gasteiger partial charge on any atom is -0.453 e. The van der Waals surface area contributed by atoms with E-state index in [9.17, 15) is 0 Å². The van der Waals surface area contributed by atoms with E-state index < -0.39 is 0 Å². The predicted molar refractivity (Wildman–Crippen MR) is 240 cm³/mol. The Labute approximate surface area is 333 Å². The van der Waals surface area contributed by atoms with Crippen LogP contribution in [0.4, 0.5) is 0 Å². The maximum Gasteiger partial charge on any atom is 0.152 e. The van der Waals surface area contributed by atoms with Crippen molar-refractivity contribution in [2.75, 3.05) is 0 Å². The van der Waals surface area contributed by atoms with Crippen LogP contribution in [-0.2, 0) is 0 Å². The molecular formula is C54H33N3O. The highest BCUT2D eigenvalue weighted by Crippen LogP contribution is 2.46. The lowest BCUT2D eigenvalue weighted by Gasteiger charge is -2.21. The van der Waals surface area contributed by atoms with Crippen LogP contribution in [0.1, 0.15) is 0 Å². The van der Waals surface area contributed by atoms with Gasteiger partial charge in [0.15, 0.2) is 11.5 Å². The van der Waals surface area contributed by atoms with Crippen LogP contribution in [0.3, 0.4) is 0 Å². The number of para-hydroxylation sites is 5. The van der Waals surface area contributed by atoms with Gasteiger partial charge in [0.2, 0.25) is 0 Å². The molecule has 0 saturated carbocycles. The quantitative estimate of drug-likeness (QED) is 0.176. The first-order valence-corrected chi connectivity index (χ1v) is 19.8. The van der Waals surface area contributed by atoms with Gasteiger partial charge < -0.3 is 18.4 Å². The number of nitrogens with zero attached hydrogens (tertiary/aromatic N) is 3. The summed E-state index contributed by atoms with van der Waals surface area (Å²) in [6, 6.07) is 72.5. The summed E-state index contributed by atoms with van der Waals surface area (Å²) in [7, 11) is 0. The van der Waals surface area contributed by atoms with E-state index >= 15 is 0 Å². The van der Waals surface area contributed by atoms with E-state index in [2.05, 4.69) is 214 Å². The summed E-state index contributed by atoms with van der Waals surface area (Å²) in [4.78, 5) is 0. The zero-order valence-electron chi connectivity index (χ0n) is 31.3. The van der Waals surface area contributed by atoms with Crippen molar-refractivity contribution in [3.63, 3.8) is 0 Å². The number of hydrogen-bond donors (Lipinski definition) is 0. The van der Waals surface area contributed by atoms with Crippen molar-refractivity contribution in [2.24, 2.45) is 0 Å². The van der Waals surface area contributed by atoms with Crippen LogP contribution in [0.5, 0.6) is 11.5 Å². The third-order valence-corrected chi connectivity index (χ3v) is 12.2. The molecule has 0 N–H and O–H groups in total. The lowest BCUT2D eigenvalue weighted by Crippen LogP contribution is -2.04. The van der Waals surface area contributed by atoms with Crippen molar-refractivity contribution in [3.8, 4) is 50.8 Å². The Morgan fingerprint density at radius 3 is 1.36 bits per heavy atom. The molecule has 270 valence electrons. The summed E-state index contributed by atoms with van der Waals surface area (Å²) in [5, 5.41) is 7.47. The molecule has 4 heteroatoms. The van der Waals surface area contributed by atoms with Crippen LogP contribution >= 0.6 is 0 Å². The topological polar surface area (TPSA) is 24.0 Å². The average molecular weight is 740 g/mol. The second-order valence-corrected chi connectivity index (χ2v) is 15.3. The molecule has 4 nitrogen and oxygen atoms in total. The van der Waals surface area contributed by atoms with Crippen LogP contribution in [-0.4, -0.2) is 13.7 Å². The van der Waals surface area contributed by atoms with Gasteiger partial charge >= 0.3 is 0 Å². The minimum absolute atomic E-state index is 0.869. The highest BCUT2D eigenvalue weighted by molar-refractivity contribution is 6.13. The van der Waals surface area contributed by atoms with E-state index in [4.69, 9.17) is 4.74 Å². The van der Waals surface area contributed by atoms with E-state index in [-0.39, 0.29) is 0 Å². The molecule has 0 saturated heterocycles. The van der Waals surface area contributed by atoms with Crippen molar-refractivity contribution in [1.82, 2.24) is 13.7 Å². The molecule has 9 aromatic carbocycles. The van der Waals surface area contributed by atoms with Crippen LogP contribution < -0.4 is 4.74 Å². The zero-order valence-corrected chi connectivity index (χ0v) is 31.3. The summed E-state index contributed by atoms with van der Waals surface area (Å²) >= 11 is 0. The Balaban J connectivity index is 0.855. The van der Waals surface area contributed by atoms with E-state index in [1.807, 2.05) is 0 Å². The standard InChI is InChI=1S/C54H33N3O/c1-5-15-46-40(10-1)41-11-2-6-16-47(41)56(46)39-29-30-50-45(33-39)43-13-4-7-17-48(43)55(50)38-27-24-35(25-28-38)34-20-22-36(23-21-34)37-26-31-52-51(32-37)57-49-18-8-3-12-42(49)44-14-9-19-53(58-52)54(44)57/h1-33H. The summed E-state index contributed by atoms with van der Waals surface area (Å²) in [6.07, 6.45) is 0. The Hall–Kier alpha value is -7.82. The molecule has 0 spiro atoms. The van der Waals surface area contributed by atoms with Gasteiger partial charge in [-0.3, -0.25) is 0 Å². The molecule has 0 fully saturated rings. The largest absolute Gasteiger partial charge is 0.453 e. The second kappa shape index (κ2) is 11.8. The number of rotatable bonds is 4. The third kappa shape index (κ3) is 4.40. The van der Waals surface area contributed by atoms with Crippen molar-refractivity contribution in [1.29, 1.82) is 0 Å². The first-order valence-electron chi connectivity index (χ1n) is 19.8. The molecule has 58 heavy (non-hydrogen) atoms. The zero-order chi connectivity index (χ0) is 37.9. The summed E-state index contributed by atoms with van der Waals surface area (Å²) in [5.74, 6) is 1.76. The van der Waals surface area contributed by atoms with Gasteiger partial charge in [0.05, 0.1) is 38.8 Å². The Kier molecular flexibility index (Phi) is 6.41. The van der Waals surface area contributed by atoms with Crippen molar-refractivity contribution in [2.45, 2.75) is 0 Å². The third-order valence-electron chi connectivity index (χ3n) is 12.2. The van der Waals surface area contributed by atoms with Crippen molar-refractivity contribution >= 4 is 65.4 Å². The Morgan fingerprint density at radius 1 is 0.276 bits per heavy atom. The molecule has 1 aliphatic rings. The number of hydrogen-bond acceptors (Lipinski definition) is 1. The maximum absolute atomic E-state index is 6.46. The van der Waals surface area contributed by atoms with Gasteiger partial charge in [-0.25, -0.2) is 0 Å². The average Bonchev–Trinajstić information content (AvgIpc) is 3.93. The first-order chi connectivity index (χ1) is 28.8. The molecule has 0 aliphatic carbocycles. The van der Waals surface area contributed by atoms with E-state index in [0.29, 0.717) is 0 Å². The molecule has 1 aliphatic heterocycles. The molecule has 3 aromatic heterocycles. The van der Waals surface area contributed by atoms with Crippen molar-refractivity contribution in [3.05, 3.63) is 200 Å². The molecule has 4 heterocycles. The molecule has 0 bridgehead atoms. The number of benzene rings is 9. The lowest BCUT2D eigenvalue weighted by atomic mass is 9.99. The second-order valence-electron chi connectivity index (χ2n) is 15.3. The SMILES string of the molecule is c1ccc2c(c1)c1ccccc1n2-c1ccc2c(c1)c1ccccc1n2-c1ccc(-c2ccc(-c3ccc4c(c3)-n3c5ccccc5c5cccc(c53)O4)cc2)cc1. The smallest absolute Gasteiger partial charge is 0.152 e. The van der Waals surface area contributed by atoms with Crippen LogP contribution in [0.25, 0.3) is 105 Å². The molecule has 13 rings (SSSR count). The normalized spacial score (nSPS) is 12.3. The summed E-state index contributed by atoms with van der Waals surface area (Å²) in [5.41, 5.74) is 15.2. The fraction of sp³-hybridized carbons (Fsp3) is 0. The van der Waals surface area contributed by atoms with E-state index in [1.165, 1.54) is 76.6 Å². The first kappa shape index (κ1) is 31.4. The van der Waals surface area contributed by atoms with Crippen molar-refractivity contribution < 1.29 is 4.74 Å². The molecule has 0 atom stereocenters. The van der Waals surface area contributed by atoms with Gasteiger partial charge in [-0.2, -0.15) is 0 Å². The highest BCUT2D eigenvalue weighted by Gasteiger charge is 2.24. The molecule has 0 amide bonds.